The van der Waals surface area contributed by atoms with Crippen molar-refractivity contribution >= 4 is 23.7 Å². The zero-order chi connectivity index (χ0) is 20.1. The molecule has 3 rings (SSSR count). The third-order valence-electron chi connectivity index (χ3n) is 4.40. The topological polar surface area (TPSA) is 55.6 Å². The van der Waals surface area contributed by atoms with Gasteiger partial charge < -0.3 is 9.30 Å². The molecule has 0 spiro atoms. The van der Waals surface area contributed by atoms with E-state index in [-0.39, 0.29) is 12.5 Å². The lowest BCUT2D eigenvalue weighted by Gasteiger charge is -2.09. The van der Waals surface area contributed by atoms with Gasteiger partial charge in [0.1, 0.15) is 5.75 Å². The highest BCUT2D eigenvalue weighted by Gasteiger charge is 2.09. The molecule has 0 aliphatic rings. The van der Waals surface area contributed by atoms with Crippen molar-refractivity contribution in [2.75, 3.05) is 6.61 Å². The molecular formula is C22H22ClN3O2. The largest absolute Gasteiger partial charge is 0.483 e. The predicted octanol–water partition coefficient (Wildman–Crippen LogP) is 4.59. The van der Waals surface area contributed by atoms with Gasteiger partial charge in [-0.1, -0.05) is 29.8 Å². The molecule has 1 amide bonds. The van der Waals surface area contributed by atoms with Gasteiger partial charge in [-0.2, -0.15) is 5.10 Å². The van der Waals surface area contributed by atoms with Crippen molar-refractivity contribution in [1.82, 2.24) is 9.99 Å². The summed E-state index contributed by atoms with van der Waals surface area (Å²) in [5, 5.41) is 4.76. The second-order valence-electron chi connectivity index (χ2n) is 6.49. The number of aryl methyl sites for hydroxylation is 2. The molecule has 0 fully saturated rings. The predicted molar refractivity (Wildman–Crippen MR) is 113 cm³/mol. The lowest BCUT2D eigenvalue weighted by atomic mass is 10.2. The molecule has 0 saturated heterocycles. The molecule has 0 saturated carbocycles. The van der Waals surface area contributed by atoms with E-state index < -0.39 is 0 Å². The lowest BCUT2D eigenvalue weighted by molar-refractivity contribution is -0.123. The van der Waals surface area contributed by atoms with E-state index in [1.54, 1.807) is 6.21 Å². The van der Waals surface area contributed by atoms with Crippen LogP contribution < -0.4 is 10.2 Å². The Labute approximate surface area is 169 Å². The Kier molecular flexibility index (Phi) is 6.16. The van der Waals surface area contributed by atoms with Gasteiger partial charge in [0.05, 0.1) is 6.21 Å². The van der Waals surface area contributed by atoms with E-state index in [2.05, 4.69) is 15.1 Å². The van der Waals surface area contributed by atoms with Crippen LogP contribution in [-0.4, -0.2) is 23.3 Å². The van der Waals surface area contributed by atoms with Crippen LogP contribution >= 0.6 is 11.6 Å². The Hall–Kier alpha value is -3.05. The quantitative estimate of drug-likeness (QED) is 0.490. The van der Waals surface area contributed by atoms with Gasteiger partial charge in [-0.25, -0.2) is 5.43 Å². The standard InChI is InChI=1S/C22H22ClN3O2/c1-15-6-4-5-7-21(15)28-14-22(27)25-24-13-18-12-16(2)26(17(18)3)20-10-8-19(23)9-11-20/h4-13H,14H2,1-3H3,(H,25,27)/b24-13-. The summed E-state index contributed by atoms with van der Waals surface area (Å²) < 4.78 is 7.63. The summed E-state index contributed by atoms with van der Waals surface area (Å²) in [5.41, 5.74) is 7.52. The highest BCUT2D eigenvalue weighted by atomic mass is 35.5. The molecule has 5 nitrogen and oxygen atoms in total. The Balaban J connectivity index is 1.63. The van der Waals surface area contributed by atoms with E-state index >= 15 is 0 Å². The van der Waals surface area contributed by atoms with Crippen LogP contribution in [0.1, 0.15) is 22.5 Å². The molecule has 1 aromatic heterocycles. The molecule has 2 aromatic carbocycles. The number of halogens is 1. The number of amides is 1. The highest BCUT2D eigenvalue weighted by Crippen LogP contribution is 2.21. The number of aromatic nitrogens is 1. The van der Waals surface area contributed by atoms with Gasteiger partial charge in [0.2, 0.25) is 0 Å². The van der Waals surface area contributed by atoms with E-state index in [4.69, 9.17) is 16.3 Å². The van der Waals surface area contributed by atoms with E-state index in [1.807, 2.05) is 75.4 Å². The van der Waals surface area contributed by atoms with Crippen molar-refractivity contribution in [2.24, 2.45) is 5.10 Å². The van der Waals surface area contributed by atoms with Crippen molar-refractivity contribution in [3.63, 3.8) is 0 Å². The first-order chi connectivity index (χ1) is 13.5. The molecule has 6 heteroatoms. The molecule has 0 unspecified atom stereocenters. The summed E-state index contributed by atoms with van der Waals surface area (Å²) in [5.74, 6) is 0.374. The molecule has 0 radical (unpaired) electrons. The van der Waals surface area contributed by atoms with E-state index in [9.17, 15) is 4.79 Å². The number of hydrazone groups is 1. The number of benzene rings is 2. The number of hydrogen-bond donors (Lipinski definition) is 1. The molecule has 144 valence electrons. The summed E-state index contributed by atoms with van der Waals surface area (Å²) in [6.45, 7) is 5.87. The first-order valence-electron chi connectivity index (χ1n) is 8.91. The fourth-order valence-corrected chi connectivity index (χ4v) is 3.10. The zero-order valence-corrected chi connectivity index (χ0v) is 16.8. The number of nitrogens with zero attached hydrogens (tertiary/aromatic N) is 2. The maximum Gasteiger partial charge on any atom is 0.277 e. The molecule has 3 aromatic rings. The summed E-state index contributed by atoms with van der Waals surface area (Å²) in [6, 6.07) is 17.2. The van der Waals surface area contributed by atoms with Crippen LogP contribution in [0.5, 0.6) is 5.75 Å². The average Bonchev–Trinajstić information content (AvgIpc) is 2.95. The van der Waals surface area contributed by atoms with Crippen LogP contribution in [0.25, 0.3) is 5.69 Å². The van der Waals surface area contributed by atoms with E-state index in [0.717, 1.165) is 28.2 Å². The summed E-state index contributed by atoms with van der Waals surface area (Å²) in [4.78, 5) is 12.0. The first-order valence-corrected chi connectivity index (χ1v) is 9.28. The number of hydrogen-bond acceptors (Lipinski definition) is 3. The van der Waals surface area contributed by atoms with Gasteiger partial charge in [0, 0.05) is 27.7 Å². The first kappa shape index (κ1) is 19.7. The van der Waals surface area contributed by atoms with Crippen LogP contribution in [0.2, 0.25) is 5.02 Å². The normalized spacial score (nSPS) is 11.0. The monoisotopic (exact) mass is 395 g/mol. The van der Waals surface area contributed by atoms with Crippen LogP contribution in [0.3, 0.4) is 0 Å². The van der Waals surface area contributed by atoms with Crippen molar-refractivity contribution in [2.45, 2.75) is 20.8 Å². The minimum Gasteiger partial charge on any atom is -0.483 e. The fraction of sp³-hybridized carbons (Fsp3) is 0.182. The molecular weight excluding hydrogens is 374 g/mol. The second-order valence-corrected chi connectivity index (χ2v) is 6.92. The smallest absolute Gasteiger partial charge is 0.277 e. The van der Waals surface area contributed by atoms with Gasteiger partial charge in [-0.05, 0) is 62.7 Å². The molecule has 1 heterocycles. The van der Waals surface area contributed by atoms with Crippen molar-refractivity contribution in [3.8, 4) is 11.4 Å². The SMILES string of the molecule is Cc1ccccc1OCC(=O)N/N=C\c1cc(C)n(-c2ccc(Cl)cc2)c1C. The molecule has 1 N–H and O–H groups in total. The van der Waals surface area contributed by atoms with Gasteiger partial charge in [0.25, 0.3) is 5.91 Å². The molecule has 0 bridgehead atoms. The maximum absolute atomic E-state index is 12.0. The summed E-state index contributed by atoms with van der Waals surface area (Å²) in [6.07, 6.45) is 1.64. The summed E-state index contributed by atoms with van der Waals surface area (Å²) in [7, 11) is 0. The number of nitrogens with one attached hydrogen (secondary N) is 1. The number of para-hydroxylation sites is 1. The Bertz CT molecular complexity index is 1010. The van der Waals surface area contributed by atoms with Crippen LogP contribution in [0.4, 0.5) is 0 Å². The number of carbonyl (C=O) groups excluding carboxylic acids is 1. The number of ether oxygens (including phenoxy) is 1. The van der Waals surface area contributed by atoms with Crippen LogP contribution in [-0.2, 0) is 4.79 Å². The van der Waals surface area contributed by atoms with Crippen molar-refractivity contribution in [1.29, 1.82) is 0 Å². The van der Waals surface area contributed by atoms with Crippen LogP contribution in [0, 0.1) is 20.8 Å². The number of carbonyl (C=O) groups is 1. The average molecular weight is 396 g/mol. The maximum atomic E-state index is 12.0. The molecule has 0 aliphatic carbocycles. The summed E-state index contributed by atoms with van der Waals surface area (Å²) >= 11 is 5.97. The Morgan fingerprint density at radius 1 is 1.14 bits per heavy atom. The Morgan fingerprint density at radius 3 is 2.57 bits per heavy atom. The molecule has 0 aliphatic heterocycles. The lowest BCUT2D eigenvalue weighted by Crippen LogP contribution is -2.24. The minimum absolute atomic E-state index is 0.0913. The highest BCUT2D eigenvalue weighted by molar-refractivity contribution is 6.30. The molecule has 28 heavy (non-hydrogen) atoms. The van der Waals surface area contributed by atoms with Gasteiger partial charge >= 0.3 is 0 Å². The van der Waals surface area contributed by atoms with E-state index in [1.165, 1.54) is 0 Å². The second kappa shape index (κ2) is 8.76. The van der Waals surface area contributed by atoms with Crippen molar-refractivity contribution in [3.05, 3.63) is 82.1 Å². The van der Waals surface area contributed by atoms with Crippen LogP contribution in [0.15, 0.2) is 59.7 Å². The van der Waals surface area contributed by atoms with Gasteiger partial charge in [-0.15, -0.1) is 0 Å². The number of rotatable bonds is 6. The fourth-order valence-electron chi connectivity index (χ4n) is 2.97. The third-order valence-corrected chi connectivity index (χ3v) is 4.65. The molecule has 0 atom stereocenters. The minimum atomic E-state index is -0.314. The zero-order valence-electron chi connectivity index (χ0n) is 16.1. The van der Waals surface area contributed by atoms with Crippen molar-refractivity contribution < 1.29 is 9.53 Å². The third kappa shape index (κ3) is 4.61. The van der Waals surface area contributed by atoms with E-state index in [0.29, 0.717) is 10.8 Å². The van der Waals surface area contributed by atoms with Gasteiger partial charge in [0.15, 0.2) is 6.61 Å². The van der Waals surface area contributed by atoms with Gasteiger partial charge in [-0.3, -0.25) is 4.79 Å². The Morgan fingerprint density at radius 2 is 1.86 bits per heavy atom.